The van der Waals surface area contributed by atoms with Crippen molar-refractivity contribution in [3.63, 3.8) is 0 Å². The molecule has 2 rings (SSSR count). The average molecular weight is 309 g/mol. The normalized spacial score (nSPS) is 17.3. The molecule has 1 aliphatic rings. The Hall–Kier alpha value is -0.200. The van der Waals surface area contributed by atoms with Crippen molar-refractivity contribution in [3.05, 3.63) is 21.4 Å². The van der Waals surface area contributed by atoms with E-state index in [0.717, 1.165) is 12.8 Å². The molecule has 0 aromatic carbocycles. The average Bonchev–Trinajstić information content (AvgIpc) is 2.77. The van der Waals surface area contributed by atoms with Crippen LogP contribution >= 0.6 is 23.1 Å². The fourth-order valence-corrected chi connectivity index (χ4v) is 4.01. The first kappa shape index (κ1) is 15.2. The zero-order valence-electron chi connectivity index (χ0n) is 10.8. The second-order valence-corrected chi connectivity index (χ2v) is 7.10. The smallest absolute Gasteiger partial charge is 0.309 e. The zero-order valence-corrected chi connectivity index (χ0v) is 12.5. The Morgan fingerprint density at radius 3 is 2.79 bits per heavy atom. The van der Waals surface area contributed by atoms with Crippen LogP contribution in [0.3, 0.4) is 0 Å². The lowest BCUT2D eigenvalue weighted by Gasteiger charge is -2.12. The van der Waals surface area contributed by atoms with E-state index in [9.17, 15) is 13.2 Å². The molecule has 0 amide bonds. The number of hydrogen-bond donors (Lipinski definition) is 1. The molecule has 1 aliphatic carbocycles. The Balaban J connectivity index is 1.80. The molecule has 0 saturated heterocycles. The number of alkyl halides is 3. The third-order valence-corrected chi connectivity index (χ3v) is 5.42. The highest BCUT2D eigenvalue weighted by Gasteiger charge is 2.27. The Kier molecular flexibility index (Phi) is 5.20. The van der Waals surface area contributed by atoms with Crippen LogP contribution in [-0.2, 0) is 12.8 Å². The Labute approximate surface area is 120 Å². The summed E-state index contributed by atoms with van der Waals surface area (Å²) in [6, 6.07) is 2.37. The molecule has 0 spiro atoms. The summed E-state index contributed by atoms with van der Waals surface area (Å²) >= 11 is 1.85. The van der Waals surface area contributed by atoms with E-state index in [2.05, 4.69) is 11.4 Å². The Morgan fingerprint density at radius 2 is 2.11 bits per heavy atom. The summed E-state index contributed by atoms with van der Waals surface area (Å²) in [4.78, 5) is 2.73. The van der Waals surface area contributed by atoms with E-state index in [0.29, 0.717) is 6.54 Å². The first-order valence-electron chi connectivity index (χ1n) is 6.51. The molecule has 19 heavy (non-hydrogen) atoms. The van der Waals surface area contributed by atoms with Gasteiger partial charge in [0.25, 0.3) is 0 Å². The second-order valence-electron chi connectivity index (χ2n) is 4.77. The van der Waals surface area contributed by atoms with E-state index in [-0.39, 0.29) is 23.6 Å². The Bertz CT molecular complexity index is 391. The van der Waals surface area contributed by atoms with Crippen molar-refractivity contribution in [2.24, 2.45) is 0 Å². The van der Waals surface area contributed by atoms with Gasteiger partial charge in [-0.1, -0.05) is 0 Å². The summed E-state index contributed by atoms with van der Waals surface area (Å²) < 4.78 is 36.0. The molecule has 1 nitrogen and oxygen atoms in total. The molecule has 1 aromatic heterocycles. The fourth-order valence-electron chi connectivity index (χ4n) is 2.27. The summed E-state index contributed by atoms with van der Waals surface area (Å²) in [5, 5.41) is 3.17. The van der Waals surface area contributed by atoms with Crippen molar-refractivity contribution in [2.45, 2.75) is 44.2 Å². The van der Waals surface area contributed by atoms with Gasteiger partial charge in [0.1, 0.15) is 0 Å². The van der Waals surface area contributed by atoms with Gasteiger partial charge < -0.3 is 5.32 Å². The van der Waals surface area contributed by atoms with Gasteiger partial charge in [0.15, 0.2) is 0 Å². The van der Waals surface area contributed by atoms with Crippen molar-refractivity contribution in [1.82, 2.24) is 5.32 Å². The number of fused-ring (bicyclic) bond motifs is 1. The molecule has 1 atom stereocenters. The first-order valence-corrected chi connectivity index (χ1v) is 8.31. The number of rotatable bonds is 5. The molecule has 1 aromatic rings. The van der Waals surface area contributed by atoms with Gasteiger partial charge in [-0.15, -0.1) is 11.3 Å². The molecule has 0 aliphatic heterocycles. The number of nitrogens with one attached hydrogen (secondary N) is 1. The Morgan fingerprint density at radius 1 is 1.37 bits per heavy atom. The molecular formula is C13H18F3NS2. The topological polar surface area (TPSA) is 12.0 Å². The van der Waals surface area contributed by atoms with Crippen LogP contribution in [0.15, 0.2) is 6.07 Å². The third-order valence-electron chi connectivity index (χ3n) is 3.26. The first-order chi connectivity index (χ1) is 8.96. The van der Waals surface area contributed by atoms with E-state index >= 15 is 0 Å². The van der Waals surface area contributed by atoms with Crippen molar-refractivity contribution in [2.75, 3.05) is 12.3 Å². The van der Waals surface area contributed by atoms with Crippen molar-refractivity contribution in [1.29, 1.82) is 0 Å². The van der Waals surface area contributed by atoms with Crippen molar-refractivity contribution < 1.29 is 13.2 Å². The SMILES string of the molecule is CC(NCCSC(F)(F)F)c1cc2c(s1)CCCC2. The minimum Gasteiger partial charge on any atom is -0.309 e. The summed E-state index contributed by atoms with van der Waals surface area (Å²) in [5.41, 5.74) is -2.67. The summed E-state index contributed by atoms with van der Waals surface area (Å²) in [5.74, 6) is 0.0684. The predicted molar refractivity (Wildman–Crippen MR) is 75.9 cm³/mol. The second kappa shape index (κ2) is 6.50. The van der Waals surface area contributed by atoms with E-state index in [1.54, 1.807) is 0 Å². The van der Waals surface area contributed by atoms with Gasteiger partial charge in [0, 0.05) is 28.1 Å². The van der Waals surface area contributed by atoms with Gasteiger partial charge in [-0.25, -0.2) is 0 Å². The molecule has 1 unspecified atom stereocenters. The molecule has 0 fully saturated rings. The van der Waals surface area contributed by atoms with Crippen LogP contribution in [0.25, 0.3) is 0 Å². The molecule has 0 bridgehead atoms. The molecule has 6 heteroatoms. The standard InChI is InChI=1S/C13H18F3NS2/c1-9(17-6-7-18-13(14,15)16)12-8-10-4-2-3-5-11(10)19-12/h8-9,17H,2-7H2,1H3. The third kappa shape index (κ3) is 4.68. The minimum absolute atomic E-state index is 0.0390. The van der Waals surface area contributed by atoms with Crippen LogP contribution in [0.4, 0.5) is 13.2 Å². The molecule has 0 radical (unpaired) electrons. The lowest BCUT2D eigenvalue weighted by molar-refractivity contribution is -0.0327. The highest BCUT2D eigenvalue weighted by molar-refractivity contribution is 8.00. The minimum atomic E-state index is -4.12. The number of halogens is 3. The summed E-state index contributed by atoms with van der Waals surface area (Å²) in [6.07, 6.45) is 4.84. The maximum absolute atomic E-state index is 12.0. The van der Waals surface area contributed by atoms with E-state index in [1.165, 1.54) is 28.2 Å². The van der Waals surface area contributed by atoms with Crippen LogP contribution in [0.1, 0.15) is 41.1 Å². The predicted octanol–water partition coefficient (Wildman–Crippen LogP) is 4.53. The lowest BCUT2D eigenvalue weighted by Crippen LogP contribution is -2.21. The monoisotopic (exact) mass is 309 g/mol. The van der Waals surface area contributed by atoms with Gasteiger partial charge in [0.05, 0.1) is 0 Å². The van der Waals surface area contributed by atoms with Crippen LogP contribution < -0.4 is 5.32 Å². The van der Waals surface area contributed by atoms with Crippen LogP contribution in [0.2, 0.25) is 0 Å². The zero-order chi connectivity index (χ0) is 13.9. The van der Waals surface area contributed by atoms with Crippen LogP contribution in [-0.4, -0.2) is 17.8 Å². The van der Waals surface area contributed by atoms with Crippen LogP contribution in [0, 0.1) is 0 Å². The van der Waals surface area contributed by atoms with Gasteiger partial charge in [0.2, 0.25) is 0 Å². The number of thioether (sulfide) groups is 1. The van der Waals surface area contributed by atoms with Gasteiger partial charge >= 0.3 is 5.51 Å². The van der Waals surface area contributed by atoms with E-state index < -0.39 is 5.51 Å². The van der Waals surface area contributed by atoms with Crippen LogP contribution in [0.5, 0.6) is 0 Å². The van der Waals surface area contributed by atoms with E-state index in [4.69, 9.17) is 0 Å². The maximum Gasteiger partial charge on any atom is 0.441 e. The van der Waals surface area contributed by atoms with E-state index in [1.807, 2.05) is 18.3 Å². The number of aryl methyl sites for hydroxylation is 2. The molecular weight excluding hydrogens is 291 g/mol. The lowest BCUT2D eigenvalue weighted by atomic mass is 9.99. The quantitative estimate of drug-likeness (QED) is 0.802. The van der Waals surface area contributed by atoms with Crippen molar-refractivity contribution in [3.8, 4) is 0 Å². The highest BCUT2D eigenvalue weighted by atomic mass is 32.2. The highest BCUT2D eigenvalue weighted by Crippen LogP contribution is 2.33. The van der Waals surface area contributed by atoms with Gasteiger partial charge in [-0.2, -0.15) is 13.2 Å². The number of thiophene rings is 1. The maximum atomic E-state index is 12.0. The molecule has 1 N–H and O–H groups in total. The number of hydrogen-bond acceptors (Lipinski definition) is 3. The summed E-state index contributed by atoms with van der Waals surface area (Å²) in [6.45, 7) is 2.41. The molecule has 1 heterocycles. The summed E-state index contributed by atoms with van der Waals surface area (Å²) in [7, 11) is 0. The molecule has 108 valence electrons. The molecule has 0 saturated carbocycles. The fraction of sp³-hybridized carbons (Fsp3) is 0.692. The van der Waals surface area contributed by atoms with Gasteiger partial charge in [-0.3, -0.25) is 0 Å². The largest absolute Gasteiger partial charge is 0.441 e. The van der Waals surface area contributed by atoms with Crippen molar-refractivity contribution >= 4 is 23.1 Å². The van der Waals surface area contributed by atoms with Gasteiger partial charge in [-0.05, 0) is 56.0 Å².